The second kappa shape index (κ2) is 4.24. The summed E-state index contributed by atoms with van der Waals surface area (Å²) in [5, 5.41) is 4.61. The molecule has 1 unspecified atom stereocenters. The summed E-state index contributed by atoms with van der Waals surface area (Å²) in [5.74, 6) is 0.0190. The monoisotopic (exact) mass is 265 g/mol. The highest BCUT2D eigenvalue weighted by molar-refractivity contribution is 6.32. The summed E-state index contributed by atoms with van der Waals surface area (Å²) in [6, 6.07) is 0. The summed E-state index contributed by atoms with van der Waals surface area (Å²) in [5.41, 5.74) is 3.17. The van der Waals surface area contributed by atoms with E-state index in [0.29, 0.717) is 11.6 Å². The van der Waals surface area contributed by atoms with Gasteiger partial charge in [0.05, 0.1) is 13.5 Å². The molecule has 0 N–H and O–H groups in total. The predicted molar refractivity (Wildman–Crippen MR) is 65.7 cm³/mol. The number of carbonyl (C=O) groups is 1. The van der Waals surface area contributed by atoms with Crippen LogP contribution in [-0.2, 0) is 16.0 Å². The van der Waals surface area contributed by atoms with Crippen LogP contribution in [0.25, 0.3) is 5.52 Å². The molecule has 0 aromatic carbocycles. The summed E-state index contributed by atoms with van der Waals surface area (Å²) in [6.45, 7) is 0. The molecule has 0 aliphatic heterocycles. The number of aryl methyl sites for hydroxylation is 1. The number of rotatable bonds is 2. The number of carbonyl (C=O) groups excluding carboxylic acids is 1. The molecule has 1 aliphatic carbocycles. The number of hydrogen-bond donors (Lipinski definition) is 0. The van der Waals surface area contributed by atoms with Gasteiger partial charge in [-0.2, -0.15) is 5.10 Å². The molecule has 0 amide bonds. The van der Waals surface area contributed by atoms with Crippen molar-refractivity contribution in [1.29, 1.82) is 0 Å². The van der Waals surface area contributed by atoms with Crippen LogP contribution >= 0.6 is 11.6 Å². The van der Waals surface area contributed by atoms with Crippen molar-refractivity contribution in [1.82, 2.24) is 14.6 Å². The Hall–Kier alpha value is -1.62. The van der Waals surface area contributed by atoms with Crippen molar-refractivity contribution in [2.75, 3.05) is 7.11 Å². The Morgan fingerprint density at radius 3 is 3.28 bits per heavy atom. The van der Waals surface area contributed by atoms with Crippen LogP contribution in [0.4, 0.5) is 0 Å². The molecular formula is C12H12ClN3O2. The summed E-state index contributed by atoms with van der Waals surface area (Å²) in [7, 11) is 1.41. The largest absolute Gasteiger partial charge is 0.469 e. The number of hydrogen-bond acceptors (Lipinski definition) is 4. The van der Waals surface area contributed by atoms with Gasteiger partial charge in [-0.25, -0.2) is 9.50 Å². The van der Waals surface area contributed by atoms with Gasteiger partial charge < -0.3 is 4.74 Å². The third-order valence-corrected chi connectivity index (χ3v) is 3.77. The molecule has 18 heavy (non-hydrogen) atoms. The average Bonchev–Trinajstić information content (AvgIpc) is 2.90. The molecule has 0 saturated carbocycles. The van der Waals surface area contributed by atoms with Crippen molar-refractivity contribution >= 4 is 23.1 Å². The van der Waals surface area contributed by atoms with Gasteiger partial charge in [-0.05, 0) is 29.9 Å². The topological polar surface area (TPSA) is 56.5 Å². The van der Waals surface area contributed by atoms with Gasteiger partial charge in [-0.3, -0.25) is 4.79 Å². The highest BCUT2D eigenvalue weighted by Gasteiger charge is 2.29. The number of esters is 1. The molecule has 0 radical (unpaired) electrons. The normalized spacial score (nSPS) is 18.0. The predicted octanol–water partition coefficient (Wildman–Crippen LogP) is 1.98. The first-order valence-corrected chi connectivity index (χ1v) is 6.16. The van der Waals surface area contributed by atoms with Gasteiger partial charge in [-0.1, -0.05) is 11.6 Å². The van der Waals surface area contributed by atoms with E-state index in [4.69, 9.17) is 16.3 Å². The average molecular weight is 266 g/mol. The fraction of sp³-hybridized carbons (Fsp3) is 0.417. The zero-order valence-electron chi connectivity index (χ0n) is 9.89. The van der Waals surface area contributed by atoms with Crippen LogP contribution in [0.3, 0.4) is 0 Å². The zero-order valence-corrected chi connectivity index (χ0v) is 10.6. The third-order valence-electron chi connectivity index (χ3n) is 3.49. The highest BCUT2D eigenvalue weighted by Crippen LogP contribution is 2.39. The van der Waals surface area contributed by atoms with Crippen LogP contribution < -0.4 is 0 Å². The Morgan fingerprint density at radius 1 is 1.67 bits per heavy atom. The van der Waals surface area contributed by atoms with E-state index in [0.717, 1.165) is 29.5 Å². The standard InChI is InChI=1S/C12H12ClN3O2/c1-18-10(17)4-7-2-3-8-9(7)5-16-11(8)12(13)14-6-15-16/h5-7H,2-4H2,1H3. The van der Waals surface area contributed by atoms with Gasteiger partial charge in [-0.15, -0.1) is 0 Å². The first kappa shape index (κ1) is 11.5. The molecule has 0 bridgehead atoms. The molecule has 2 aromatic heterocycles. The second-order valence-electron chi connectivity index (χ2n) is 4.42. The van der Waals surface area contributed by atoms with E-state index in [1.165, 1.54) is 13.4 Å². The van der Waals surface area contributed by atoms with Gasteiger partial charge in [0.15, 0.2) is 5.15 Å². The fourth-order valence-corrected chi connectivity index (χ4v) is 2.88. The molecule has 0 saturated heterocycles. The minimum Gasteiger partial charge on any atom is -0.469 e. The van der Waals surface area contributed by atoms with Gasteiger partial charge in [0, 0.05) is 6.20 Å². The lowest BCUT2D eigenvalue weighted by Gasteiger charge is -2.07. The summed E-state index contributed by atoms with van der Waals surface area (Å²) >= 11 is 6.10. The molecule has 6 heteroatoms. The fourth-order valence-electron chi connectivity index (χ4n) is 2.64. The lowest BCUT2D eigenvalue weighted by Crippen LogP contribution is -2.06. The SMILES string of the molecule is COC(=O)CC1CCc2c1cn1ncnc(Cl)c21. The molecule has 2 heterocycles. The quantitative estimate of drug-likeness (QED) is 0.779. The van der Waals surface area contributed by atoms with Crippen LogP contribution in [0.5, 0.6) is 0 Å². The van der Waals surface area contributed by atoms with Crippen molar-refractivity contribution in [2.45, 2.75) is 25.2 Å². The number of methoxy groups -OCH3 is 1. The maximum absolute atomic E-state index is 11.4. The number of nitrogens with zero attached hydrogens (tertiary/aromatic N) is 3. The Morgan fingerprint density at radius 2 is 2.50 bits per heavy atom. The van der Waals surface area contributed by atoms with Crippen LogP contribution in [0.2, 0.25) is 5.15 Å². The third kappa shape index (κ3) is 1.66. The van der Waals surface area contributed by atoms with E-state index in [-0.39, 0.29) is 11.9 Å². The lowest BCUT2D eigenvalue weighted by molar-refractivity contribution is -0.141. The van der Waals surface area contributed by atoms with Gasteiger partial charge in [0.1, 0.15) is 11.8 Å². The van der Waals surface area contributed by atoms with E-state index in [1.54, 1.807) is 4.52 Å². The van der Waals surface area contributed by atoms with Crippen LogP contribution in [0, 0.1) is 0 Å². The van der Waals surface area contributed by atoms with Crippen LogP contribution in [-0.4, -0.2) is 27.7 Å². The first-order chi connectivity index (χ1) is 8.70. The molecule has 3 rings (SSSR count). The molecule has 0 spiro atoms. The van der Waals surface area contributed by atoms with Crippen molar-refractivity contribution in [3.63, 3.8) is 0 Å². The van der Waals surface area contributed by atoms with E-state index in [9.17, 15) is 4.79 Å². The number of ether oxygens (including phenoxy) is 1. The summed E-state index contributed by atoms with van der Waals surface area (Å²) in [4.78, 5) is 15.4. The Bertz CT molecular complexity index is 623. The molecular weight excluding hydrogens is 254 g/mol. The minimum absolute atomic E-state index is 0.180. The second-order valence-corrected chi connectivity index (χ2v) is 4.78. The molecule has 5 nitrogen and oxygen atoms in total. The van der Waals surface area contributed by atoms with Crippen molar-refractivity contribution < 1.29 is 9.53 Å². The maximum atomic E-state index is 11.4. The number of fused-ring (bicyclic) bond motifs is 3. The molecule has 1 aliphatic rings. The molecule has 0 fully saturated rings. The van der Waals surface area contributed by atoms with E-state index < -0.39 is 0 Å². The van der Waals surface area contributed by atoms with E-state index in [1.807, 2.05) is 6.20 Å². The minimum atomic E-state index is -0.180. The Balaban J connectivity index is 2.04. The van der Waals surface area contributed by atoms with E-state index in [2.05, 4.69) is 10.1 Å². The van der Waals surface area contributed by atoms with Crippen molar-refractivity contribution in [3.8, 4) is 0 Å². The maximum Gasteiger partial charge on any atom is 0.306 e. The number of halogens is 1. The van der Waals surface area contributed by atoms with Gasteiger partial charge in [0.25, 0.3) is 0 Å². The Kier molecular flexibility index (Phi) is 2.70. The van der Waals surface area contributed by atoms with Gasteiger partial charge >= 0.3 is 5.97 Å². The summed E-state index contributed by atoms with van der Waals surface area (Å²) in [6.07, 6.45) is 5.63. The van der Waals surface area contributed by atoms with Crippen LogP contribution in [0.15, 0.2) is 12.5 Å². The van der Waals surface area contributed by atoms with Crippen molar-refractivity contribution in [2.24, 2.45) is 0 Å². The van der Waals surface area contributed by atoms with E-state index >= 15 is 0 Å². The van der Waals surface area contributed by atoms with Crippen molar-refractivity contribution in [3.05, 3.63) is 28.8 Å². The highest BCUT2D eigenvalue weighted by atomic mass is 35.5. The van der Waals surface area contributed by atoms with Crippen LogP contribution in [0.1, 0.15) is 29.9 Å². The molecule has 94 valence electrons. The smallest absolute Gasteiger partial charge is 0.306 e. The Labute approximate surface area is 109 Å². The van der Waals surface area contributed by atoms with Gasteiger partial charge in [0.2, 0.25) is 0 Å². The lowest BCUT2D eigenvalue weighted by atomic mass is 10.0. The summed E-state index contributed by atoms with van der Waals surface area (Å²) < 4.78 is 6.46. The first-order valence-electron chi connectivity index (χ1n) is 5.78. The zero-order chi connectivity index (χ0) is 12.7. The molecule has 2 aromatic rings. The number of aromatic nitrogens is 3. The molecule has 1 atom stereocenters.